The predicted octanol–water partition coefficient (Wildman–Crippen LogP) is 3.99. The zero-order valence-electron chi connectivity index (χ0n) is 11.5. The fraction of sp³-hybridized carbons (Fsp3) is 0.600. The highest BCUT2D eigenvalue weighted by atomic mass is 35.5. The number of nitrogens with zero attached hydrogens (tertiary/aromatic N) is 1. The van der Waals surface area contributed by atoms with Crippen molar-refractivity contribution in [2.45, 2.75) is 39.7 Å². The van der Waals surface area contributed by atoms with Gasteiger partial charge < -0.3 is 10.6 Å². The minimum absolute atomic E-state index is 0.0364. The first-order chi connectivity index (χ1) is 8.39. The zero-order chi connectivity index (χ0) is 13.3. The van der Waals surface area contributed by atoms with Crippen molar-refractivity contribution in [2.24, 2.45) is 11.1 Å². The number of hydrogen-bond donors (Lipinski definition) is 1. The number of hydrogen-bond acceptors (Lipinski definition) is 2. The highest BCUT2D eigenvalue weighted by Gasteiger charge is 2.27. The van der Waals surface area contributed by atoms with E-state index in [1.54, 1.807) is 0 Å². The first kappa shape index (κ1) is 13.7. The molecule has 1 heterocycles. The van der Waals surface area contributed by atoms with E-state index in [0.717, 1.165) is 29.4 Å². The van der Waals surface area contributed by atoms with Gasteiger partial charge in [-0.15, -0.1) is 0 Å². The van der Waals surface area contributed by atoms with E-state index in [1.165, 1.54) is 12.8 Å². The van der Waals surface area contributed by atoms with Crippen LogP contribution in [0.3, 0.4) is 0 Å². The summed E-state index contributed by atoms with van der Waals surface area (Å²) in [5, 5.41) is 0.822. The number of rotatable bonds is 2. The quantitative estimate of drug-likeness (QED) is 0.877. The normalized spacial score (nSPS) is 20.8. The smallest absolute Gasteiger partial charge is 0.0642 e. The maximum Gasteiger partial charge on any atom is 0.0642 e. The van der Waals surface area contributed by atoms with Crippen molar-refractivity contribution in [3.05, 3.63) is 28.8 Å². The lowest BCUT2D eigenvalue weighted by molar-refractivity contribution is 0.293. The number of piperidine rings is 1. The van der Waals surface area contributed by atoms with E-state index >= 15 is 0 Å². The van der Waals surface area contributed by atoms with Crippen LogP contribution in [-0.2, 0) is 0 Å². The monoisotopic (exact) mass is 266 g/mol. The van der Waals surface area contributed by atoms with Crippen molar-refractivity contribution in [1.29, 1.82) is 0 Å². The molecular weight excluding hydrogens is 244 g/mol. The second kappa shape index (κ2) is 5.10. The molecule has 2 rings (SSSR count). The largest absolute Gasteiger partial charge is 0.370 e. The van der Waals surface area contributed by atoms with E-state index in [9.17, 15) is 0 Å². The van der Waals surface area contributed by atoms with Gasteiger partial charge in [-0.3, -0.25) is 0 Å². The molecule has 1 aliphatic rings. The lowest BCUT2D eigenvalue weighted by atomic mass is 9.84. The van der Waals surface area contributed by atoms with Crippen LogP contribution < -0.4 is 10.6 Å². The predicted molar refractivity (Wildman–Crippen MR) is 79.3 cm³/mol. The first-order valence-electron chi connectivity index (χ1n) is 6.69. The Morgan fingerprint density at radius 3 is 2.67 bits per heavy atom. The third-order valence-corrected chi connectivity index (χ3v) is 4.04. The third kappa shape index (κ3) is 2.99. The van der Waals surface area contributed by atoms with E-state index in [4.69, 9.17) is 17.3 Å². The Morgan fingerprint density at radius 2 is 2.11 bits per heavy atom. The van der Waals surface area contributed by atoms with Crippen LogP contribution in [0, 0.1) is 5.41 Å². The minimum Gasteiger partial charge on any atom is -0.370 e. The second-order valence-corrected chi connectivity index (χ2v) is 6.60. The average Bonchev–Trinajstić information content (AvgIpc) is 2.27. The molecule has 2 nitrogen and oxygen atoms in total. The number of nitrogens with two attached hydrogens (primary N) is 1. The summed E-state index contributed by atoms with van der Waals surface area (Å²) in [4.78, 5) is 2.40. The minimum atomic E-state index is 0.0364. The van der Waals surface area contributed by atoms with Crippen LogP contribution >= 0.6 is 11.6 Å². The molecule has 1 fully saturated rings. The summed E-state index contributed by atoms with van der Waals surface area (Å²) in [5.74, 6) is 0. The summed E-state index contributed by atoms with van der Waals surface area (Å²) < 4.78 is 0. The summed E-state index contributed by atoms with van der Waals surface area (Å²) in [5.41, 5.74) is 8.50. The van der Waals surface area contributed by atoms with Crippen molar-refractivity contribution < 1.29 is 0 Å². The average molecular weight is 267 g/mol. The van der Waals surface area contributed by atoms with Crippen LogP contribution in [0.25, 0.3) is 0 Å². The standard InChI is InChI=1S/C15H23ClN2/c1-11(17)12-5-6-14(13(16)9-12)18-8-4-7-15(2,3)10-18/h5-6,9,11H,4,7-8,10,17H2,1-3H3/t11-/m1/s1. The van der Waals surface area contributed by atoms with Crippen molar-refractivity contribution in [3.63, 3.8) is 0 Å². The molecule has 1 aromatic rings. The molecule has 0 unspecified atom stereocenters. The molecule has 0 spiro atoms. The molecule has 2 N–H and O–H groups in total. The van der Waals surface area contributed by atoms with E-state index < -0.39 is 0 Å². The molecule has 1 aliphatic heterocycles. The Morgan fingerprint density at radius 1 is 1.39 bits per heavy atom. The van der Waals surface area contributed by atoms with Crippen LogP contribution in [0.15, 0.2) is 18.2 Å². The molecule has 1 atom stereocenters. The molecule has 3 heteroatoms. The number of anilines is 1. The summed E-state index contributed by atoms with van der Waals surface area (Å²) in [6.45, 7) is 8.80. The fourth-order valence-electron chi connectivity index (χ4n) is 2.69. The van der Waals surface area contributed by atoms with Gasteiger partial charge >= 0.3 is 0 Å². The van der Waals surface area contributed by atoms with Gasteiger partial charge in [0.25, 0.3) is 0 Å². The van der Waals surface area contributed by atoms with Gasteiger partial charge in [0.2, 0.25) is 0 Å². The fourth-order valence-corrected chi connectivity index (χ4v) is 3.00. The molecule has 0 aliphatic carbocycles. The molecule has 18 heavy (non-hydrogen) atoms. The maximum absolute atomic E-state index is 6.40. The van der Waals surface area contributed by atoms with E-state index in [1.807, 2.05) is 13.0 Å². The van der Waals surface area contributed by atoms with Gasteiger partial charge in [0, 0.05) is 19.1 Å². The summed E-state index contributed by atoms with van der Waals surface area (Å²) in [7, 11) is 0. The van der Waals surface area contributed by atoms with Gasteiger partial charge in [-0.25, -0.2) is 0 Å². The van der Waals surface area contributed by atoms with Gasteiger partial charge in [0.1, 0.15) is 0 Å². The van der Waals surface area contributed by atoms with Crippen molar-refractivity contribution >= 4 is 17.3 Å². The zero-order valence-corrected chi connectivity index (χ0v) is 12.3. The molecule has 100 valence electrons. The van der Waals surface area contributed by atoms with Gasteiger partial charge in [-0.05, 0) is 42.9 Å². The number of benzene rings is 1. The summed E-state index contributed by atoms with van der Waals surface area (Å²) in [6.07, 6.45) is 2.53. The third-order valence-electron chi connectivity index (χ3n) is 3.74. The molecular formula is C15H23ClN2. The van der Waals surface area contributed by atoms with E-state index in [-0.39, 0.29) is 6.04 Å². The van der Waals surface area contributed by atoms with E-state index in [2.05, 4.69) is 30.9 Å². The molecule has 0 aromatic heterocycles. The van der Waals surface area contributed by atoms with Crippen molar-refractivity contribution in [1.82, 2.24) is 0 Å². The van der Waals surface area contributed by atoms with Crippen molar-refractivity contribution in [2.75, 3.05) is 18.0 Å². The summed E-state index contributed by atoms with van der Waals surface area (Å²) >= 11 is 6.40. The molecule has 0 bridgehead atoms. The highest BCUT2D eigenvalue weighted by Crippen LogP contribution is 2.35. The van der Waals surface area contributed by atoms with Crippen molar-refractivity contribution in [3.8, 4) is 0 Å². The van der Waals surface area contributed by atoms with E-state index in [0.29, 0.717) is 5.41 Å². The Labute approximate surface area is 115 Å². The van der Waals surface area contributed by atoms with Gasteiger partial charge in [0.15, 0.2) is 0 Å². The highest BCUT2D eigenvalue weighted by molar-refractivity contribution is 6.33. The molecule has 0 amide bonds. The van der Waals surface area contributed by atoms with Gasteiger partial charge in [0.05, 0.1) is 10.7 Å². The van der Waals surface area contributed by atoms with Crippen LogP contribution in [0.5, 0.6) is 0 Å². The lowest BCUT2D eigenvalue weighted by Gasteiger charge is -2.39. The Hall–Kier alpha value is -0.730. The topological polar surface area (TPSA) is 29.3 Å². The number of halogens is 1. The first-order valence-corrected chi connectivity index (χ1v) is 7.07. The van der Waals surface area contributed by atoms with Gasteiger partial charge in [-0.1, -0.05) is 31.5 Å². The molecule has 1 aromatic carbocycles. The Bertz CT molecular complexity index is 427. The lowest BCUT2D eigenvalue weighted by Crippen LogP contribution is -2.40. The molecule has 0 radical (unpaired) electrons. The Balaban J connectivity index is 2.23. The second-order valence-electron chi connectivity index (χ2n) is 6.19. The molecule has 0 saturated carbocycles. The van der Waals surface area contributed by atoms with Crippen LogP contribution in [-0.4, -0.2) is 13.1 Å². The Kier molecular flexibility index (Phi) is 3.88. The summed E-state index contributed by atoms with van der Waals surface area (Å²) in [6, 6.07) is 6.24. The van der Waals surface area contributed by atoms with Crippen LogP contribution in [0.4, 0.5) is 5.69 Å². The van der Waals surface area contributed by atoms with Gasteiger partial charge in [-0.2, -0.15) is 0 Å². The molecule has 1 saturated heterocycles. The SMILES string of the molecule is C[C@@H](N)c1ccc(N2CCCC(C)(C)C2)c(Cl)c1. The maximum atomic E-state index is 6.40. The van der Waals surface area contributed by atoms with Crippen LogP contribution in [0.1, 0.15) is 45.2 Å². The van der Waals surface area contributed by atoms with Crippen LogP contribution in [0.2, 0.25) is 5.02 Å².